The van der Waals surface area contributed by atoms with Crippen LogP contribution in [0, 0.1) is 6.92 Å². The van der Waals surface area contributed by atoms with E-state index in [9.17, 15) is 9.90 Å². The van der Waals surface area contributed by atoms with E-state index in [1.54, 1.807) is 17.4 Å². The monoisotopic (exact) mass is 397 g/mol. The van der Waals surface area contributed by atoms with Gasteiger partial charge < -0.3 is 14.4 Å². The van der Waals surface area contributed by atoms with Crippen molar-refractivity contribution in [2.75, 3.05) is 6.61 Å². The van der Waals surface area contributed by atoms with Crippen molar-refractivity contribution in [3.05, 3.63) is 46.7 Å². The lowest BCUT2D eigenvalue weighted by Gasteiger charge is -2.15. The summed E-state index contributed by atoms with van der Waals surface area (Å²) in [6, 6.07) is 5.75. The largest absolute Gasteiger partial charge is 0.478 e. The second kappa shape index (κ2) is 7.85. The van der Waals surface area contributed by atoms with E-state index in [1.807, 2.05) is 29.1 Å². The van der Waals surface area contributed by atoms with E-state index < -0.39 is 5.97 Å². The molecule has 1 atom stereocenters. The Balaban J connectivity index is 1.73. The lowest BCUT2D eigenvalue weighted by Crippen LogP contribution is -2.17. The van der Waals surface area contributed by atoms with Crippen molar-refractivity contribution < 1.29 is 14.6 Å². The highest BCUT2D eigenvalue weighted by atomic mass is 32.1. The number of carboxylic acid groups (broad SMARTS) is 1. The van der Waals surface area contributed by atoms with Crippen LogP contribution in [-0.2, 0) is 17.7 Å². The van der Waals surface area contributed by atoms with Gasteiger partial charge in [0.15, 0.2) is 0 Å². The van der Waals surface area contributed by atoms with Crippen molar-refractivity contribution in [2.24, 2.45) is 0 Å². The van der Waals surface area contributed by atoms with Crippen molar-refractivity contribution in [3.8, 4) is 22.0 Å². The van der Waals surface area contributed by atoms with Gasteiger partial charge in [-0.15, -0.1) is 11.3 Å². The van der Waals surface area contributed by atoms with E-state index in [0.29, 0.717) is 12.1 Å². The van der Waals surface area contributed by atoms with Gasteiger partial charge in [0, 0.05) is 41.7 Å². The van der Waals surface area contributed by atoms with Gasteiger partial charge in [-0.05, 0) is 44.4 Å². The highest BCUT2D eigenvalue weighted by molar-refractivity contribution is 7.13. The molecule has 1 N–H and O–H groups in total. The van der Waals surface area contributed by atoms with Gasteiger partial charge in [-0.2, -0.15) is 0 Å². The van der Waals surface area contributed by atoms with E-state index in [0.717, 1.165) is 59.2 Å². The minimum Gasteiger partial charge on any atom is -0.478 e. The van der Waals surface area contributed by atoms with Crippen molar-refractivity contribution in [1.82, 2.24) is 14.5 Å². The molecule has 7 heteroatoms. The van der Waals surface area contributed by atoms with Crippen molar-refractivity contribution >= 4 is 17.3 Å². The van der Waals surface area contributed by atoms with Crippen molar-refractivity contribution in [1.29, 1.82) is 0 Å². The molecule has 4 heterocycles. The van der Waals surface area contributed by atoms with Gasteiger partial charge in [0.1, 0.15) is 5.01 Å². The molecule has 3 aromatic heterocycles. The molecule has 146 valence electrons. The molecule has 0 spiro atoms. The zero-order chi connectivity index (χ0) is 19.7. The van der Waals surface area contributed by atoms with Crippen LogP contribution in [0.15, 0.2) is 29.8 Å². The van der Waals surface area contributed by atoms with E-state index in [2.05, 4.69) is 18.0 Å². The molecule has 0 amide bonds. The molecule has 1 aliphatic rings. The third kappa shape index (κ3) is 3.59. The first-order valence-corrected chi connectivity index (χ1v) is 10.4. The first-order chi connectivity index (χ1) is 13.6. The summed E-state index contributed by atoms with van der Waals surface area (Å²) in [6.07, 6.45) is 4.85. The first-order valence-electron chi connectivity index (χ1n) is 9.53. The first kappa shape index (κ1) is 18.8. The number of aryl methyl sites for hydroxylation is 1. The molecule has 1 aliphatic heterocycles. The molecule has 1 fully saturated rings. The van der Waals surface area contributed by atoms with Gasteiger partial charge in [-0.25, -0.2) is 9.78 Å². The molecule has 0 radical (unpaired) electrons. The summed E-state index contributed by atoms with van der Waals surface area (Å²) in [4.78, 5) is 20.8. The molecule has 6 nitrogen and oxygen atoms in total. The Labute approximate surface area is 167 Å². The summed E-state index contributed by atoms with van der Waals surface area (Å²) < 4.78 is 7.82. The van der Waals surface area contributed by atoms with Crippen LogP contribution < -0.4 is 0 Å². The second-order valence-corrected chi connectivity index (χ2v) is 7.86. The number of pyridine rings is 1. The normalized spacial score (nSPS) is 16.6. The molecule has 3 aromatic rings. The maximum Gasteiger partial charge on any atom is 0.337 e. The van der Waals surface area contributed by atoms with Crippen LogP contribution in [0.25, 0.3) is 22.0 Å². The van der Waals surface area contributed by atoms with Gasteiger partial charge in [0.05, 0.1) is 23.1 Å². The van der Waals surface area contributed by atoms with Crippen LogP contribution in [-0.4, -0.2) is 38.3 Å². The molecular formula is C21H23N3O3S. The topological polar surface area (TPSA) is 77.2 Å². The van der Waals surface area contributed by atoms with E-state index in [4.69, 9.17) is 9.72 Å². The number of aromatic nitrogens is 3. The third-order valence-corrected chi connectivity index (χ3v) is 6.09. The zero-order valence-electron chi connectivity index (χ0n) is 16.0. The van der Waals surface area contributed by atoms with Crippen molar-refractivity contribution in [2.45, 2.75) is 45.8 Å². The van der Waals surface area contributed by atoms with Crippen LogP contribution in [0.2, 0.25) is 0 Å². The predicted molar refractivity (Wildman–Crippen MR) is 109 cm³/mol. The van der Waals surface area contributed by atoms with Gasteiger partial charge in [-0.1, -0.05) is 6.92 Å². The molecule has 1 saturated heterocycles. The number of nitrogens with zero attached hydrogens (tertiary/aromatic N) is 3. The quantitative estimate of drug-likeness (QED) is 0.666. The zero-order valence-corrected chi connectivity index (χ0v) is 16.8. The molecule has 0 aliphatic carbocycles. The number of hydrogen-bond donors (Lipinski definition) is 1. The van der Waals surface area contributed by atoms with Crippen molar-refractivity contribution in [3.63, 3.8) is 0 Å². The molecule has 4 rings (SSSR count). The molecule has 0 aromatic carbocycles. The fourth-order valence-electron chi connectivity index (χ4n) is 3.63. The third-order valence-electron chi connectivity index (χ3n) is 5.20. The molecule has 1 unspecified atom stereocenters. The number of hydrogen-bond acceptors (Lipinski definition) is 5. The maximum atomic E-state index is 11.7. The van der Waals surface area contributed by atoms with Gasteiger partial charge in [-0.3, -0.25) is 4.98 Å². The summed E-state index contributed by atoms with van der Waals surface area (Å²) in [5, 5.41) is 12.5. The molecule has 28 heavy (non-hydrogen) atoms. The minimum atomic E-state index is -0.915. The standard InChI is InChI=1S/C21H23N3O3S/c1-3-15-9-14(6-7-22-15)20-23-18(12-28-20)19-10-17(21(25)26)13(2)24(19)11-16-5-4-8-27-16/h6-7,9-10,12,16H,3-5,8,11H2,1-2H3,(H,25,26). The Morgan fingerprint density at radius 3 is 3.00 bits per heavy atom. The maximum absolute atomic E-state index is 11.7. The Hall–Kier alpha value is -2.51. The van der Waals surface area contributed by atoms with Gasteiger partial charge in [0.2, 0.25) is 0 Å². The highest BCUT2D eigenvalue weighted by Crippen LogP contribution is 2.32. The van der Waals surface area contributed by atoms with E-state index in [-0.39, 0.29) is 6.10 Å². The molecular weight excluding hydrogens is 374 g/mol. The minimum absolute atomic E-state index is 0.122. The average Bonchev–Trinajstić information content (AvgIpc) is 3.44. The van der Waals surface area contributed by atoms with Gasteiger partial charge in [0.25, 0.3) is 0 Å². The lowest BCUT2D eigenvalue weighted by molar-refractivity contribution is 0.0694. The van der Waals surface area contributed by atoms with Crippen LogP contribution in [0.5, 0.6) is 0 Å². The second-order valence-electron chi connectivity index (χ2n) is 7.01. The van der Waals surface area contributed by atoms with E-state index >= 15 is 0 Å². The Bertz CT molecular complexity index is 1000. The Morgan fingerprint density at radius 2 is 2.29 bits per heavy atom. The summed E-state index contributed by atoms with van der Waals surface area (Å²) in [6.45, 7) is 5.35. The Morgan fingerprint density at radius 1 is 1.43 bits per heavy atom. The fraction of sp³-hybridized carbons (Fsp3) is 0.381. The summed E-state index contributed by atoms with van der Waals surface area (Å²) in [5.41, 5.74) is 4.75. The van der Waals surface area contributed by atoms with Crippen LogP contribution in [0.4, 0.5) is 0 Å². The molecule has 0 saturated carbocycles. The number of rotatable bonds is 6. The number of carbonyl (C=O) groups is 1. The van der Waals surface area contributed by atoms with E-state index in [1.165, 1.54) is 0 Å². The number of aromatic carboxylic acids is 1. The summed E-state index contributed by atoms with van der Waals surface area (Å²) in [5.74, 6) is -0.915. The SMILES string of the molecule is CCc1cc(-c2nc(-c3cc(C(=O)O)c(C)n3CC3CCCO3)cs2)ccn1. The van der Waals surface area contributed by atoms with Crippen LogP contribution in [0.1, 0.15) is 41.5 Å². The average molecular weight is 398 g/mol. The highest BCUT2D eigenvalue weighted by Gasteiger charge is 2.24. The predicted octanol–water partition coefficient (Wildman–Crippen LogP) is 4.42. The van der Waals surface area contributed by atoms with Gasteiger partial charge >= 0.3 is 5.97 Å². The Kier molecular flexibility index (Phi) is 5.28. The number of thiazole rings is 1. The molecule has 0 bridgehead atoms. The number of carboxylic acids is 1. The smallest absolute Gasteiger partial charge is 0.337 e. The summed E-state index contributed by atoms with van der Waals surface area (Å²) in [7, 11) is 0. The lowest BCUT2D eigenvalue weighted by atomic mass is 10.2. The van der Waals surface area contributed by atoms with Crippen LogP contribution >= 0.6 is 11.3 Å². The van der Waals surface area contributed by atoms with Crippen LogP contribution in [0.3, 0.4) is 0 Å². The summed E-state index contributed by atoms with van der Waals surface area (Å²) >= 11 is 1.56. The number of ether oxygens (including phenoxy) is 1. The fourth-order valence-corrected chi connectivity index (χ4v) is 4.44.